The average molecular weight is 403 g/mol. The normalized spacial score (nSPS) is 24.2. The largest absolute Gasteiger partial charge is 0.379 e. The van der Waals surface area contributed by atoms with E-state index >= 15 is 0 Å². The SMILES string of the molecule is Cn1ncc(NC2CC(c3ccccc3)CN(C3CC3)C2)c(Br)c1=O. The van der Waals surface area contributed by atoms with E-state index in [4.69, 9.17) is 0 Å². The molecule has 2 aliphatic rings. The van der Waals surface area contributed by atoms with Gasteiger partial charge in [-0.25, -0.2) is 4.68 Å². The van der Waals surface area contributed by atoms with E-state index in [1.54, 1.807) is 13.2 Å². The van der Waals surface area contributed by atoms with Crippen molar-refractivity contribution < 1.29 is 0 Å². The van der Waals surface area contributed by atoms with E-state index in [1.807, 2.05) is 0 Å². The van der Waals surface area contributed by atoms with E-state index in [0.717, 1.165) is 31.2 Å². The van der Waals surface area contributed by atoms with Gasteiger partial charge in [0, 0.05) is 32.2 Å². The van der Waals surface area contributed by atoms with Crippen LogP contribution in [0.3, 0.4) is 0 Å². The van der Waals surface area contributed by atoms with E-state index in [-0.39, 0.29) is 5.56 Å². The highest BCUT2D eigenvalue weighted by Crippen LogP contribution is 2.35. The van der Waals surface area contributed by atoms with E-state index in [9.17, 15) is 4.79 Å². The van der Waals surface area contributed by atoms with Crippen LogP contribution in [0, 0.1) is 0 Å². The number of aromatic nitrogens is 2. The average Bonchev–Trinajstić information content (AvgIpc) is 3.48. The summed E-state index contributed by atoms with van der Waals surface area (Å²) in [5.74, 6) is 0.520. The molecular formula is C19H23BrN4O. The number of piperidine rings is 1. The minimum absolute atomic E-state index is 0.112. The van der Waals surface area contributed by atoms with Crippen LogP contribution in [0.25, 0.3) is 0 Å². The first kappa shape index (κ1) is 16.8. The molecular weight excluding hydrogens is 380 g/mol. The van der Waals surface area contributed by atoms with Gasteiger partial charge in [0.05, 0.1) is 11.9 Å². The van der Waals surface area contributed by atoms with Crippen molar-refractivity contribution in [2.75, 3.05) is 18.4 Å². The highest BCUT2D eigenvalue weighted by Gasteiger charge is 2.36. The molecule has 5 nitrogen and oxygen atoms in total. The molecule has 25 heavy (non-hydrogen) atoms. The highest BCUT2D eigenvalue weighted by molar-refractivity contribution is 9.10. The smallest absolute Gasteiger partial charge is 0.282 e. The highest BCUT2D eigenvalue weighted by atomic mass is 79.9. The Morgan fingerprint density at radius 2 is 1.96 bits per heavy atom. The zero-order valence-corrected chi connectivity index (χ0v) is 15.9. The predicted molar refractivity (Wildman–Crippen MR) is 103 cm³/mol. The molecule has 4 rings (SSSR count). The number of likely N-dealkylation sites (tertiary alicyclic amines) is 1. The van der Waals surface area contributed by atoms with Gasteiger partial charge in [-0.1, -0.05) is 30.3 Å². The van der Waals surface area contributed by atoms with Gasteiger partial charge >= 0.3 is 0 Å². The summed E-state index contributed by atoms with van der Waals surface area (Å²) < 4.78 is 1.91. The van der Waals surface area contributed by atoms with Crippen LogP contribution >= 0.6 is 15.9 Å². The van der Waals surface area contributed by atoms with Gasteiger partial charge in [0.2, 0.25) is 0 Å². The molecule has 1 N–H and O–H groups in total. The monoisotopic (exact) mass is 402 g/mol. The molecule has 2 atom stereocenters. The molecule has 2 unspecified atom stereocenters. The lowest BCUT2D eigenvalue weighted by Gasteiger charge is -2.39. The second-order valence-electron chi connectivity index (χ2n) is 7.17. The first-order chi connectivity index (χ1) is 12.1. The molecule has 1 aliphatic carbocycles. The van der Waals surface area contributed by atoms with Crippen molar-refractivity contribution in [1.29, 1.82) is 0 Å². The fourth-order valence-corrected chi connectivity index (χ4v) is 4.25. The van der Waals surface area contributed by atoms with Crippen molar-refractivity contribution in [3.8, 4) is 0 Å². The van der Waals surface area contributed by atoms with Gasteiger partial charge in [-0.15, -0.1) is 0 Å². The lowest BCUT2D eigenvalue weighted by Crippen LogP contribution is -2.46. The Bertz CT molecular complexity index is 803. The molecule has 0 bridgehead atoms. The number of benzene rings is 1. The van der Waals surface area contributed by atoms with Gasteiger partial charge in [-0.05, 0) is 46.7 Å². The molecule has 1 saturated carbocycles. The molecule has 1 aromatic carbocycles. The van der Waals surface area contributed by atoms with Crippen molar-refractivity contribution >= 4 is 21.6 Å². The summed E-state index contributed by atoms with van der Waals surface area (Å²) in [7, 11) is 1.66. The topological polar surface area (TPSA) is 50.2 Å². The van der Waals surface area contributed by atoms with E-state index < -0.39 is 0 Å². The molecule has 1 saturated heterocycles. The third-order valence-electron chi connectivity index (χ3n) is 5.25. The minimum Gasteiger partial charge on any atom is -0.379 e. The Morgan fingerprint density at radius 3 is 2.68 bits per heavy atom. The maximum absolute atomic E-state index is 12.1. The maximum Gasteiger partial charge on any atom is 0.282 e. The van der Waals surface area contributed by atoms with Crippen molar-refractivity contribution in [3.05, 3.63) is 56.9 Å². The fourth-order valence-electron chi connectivity index (χ4n) is 3.77. The van der Waals surface area contributed by atoms with Gasteiger partial charge in [0.15, 0.2) is 0 Å². The second kappa shape index (κ2) is 6.92. The van der Waals surface area contributed by atoms with Gasteiger partial charge in [0.1, 0.15) is 4.47 Å². The molecule has 2 aromatic rings. The van der Waals surface area contributed by atoms with Gasteiger partial charge in [-0.2, -0.15) is 5.10 Å². The number of nitrogens with zero attached hydrogens (tertiary/aromatic N) is 3. The zero-order chi connectivity index (χ0) is 17.4. The van der Waals surface area contributed by atoms with Crippen molar-refractivity contribution in [2.24, 2.45) is 7.05 Å². The molecule has 1 aromatic heterocycles. The molecule has 2 heterocycles. The van der Waals surface area contributed by atoms with E-state index in [0.29, 0.717) is 16.4 Å². The van der Waals surface area contributed by atoms with Crippen LogP contribution in [0.1, 0.15) is 30.7 Å². The molecule has 0 amide bonds. The Labute approximate surface area is 156 Å². The van der Waals surface area contributed by atoms with Crippen LogP contribution in [0.4, 0.5) is 5.69 Å². The Balaban J connectivity index is 1.56. The van der Waals surface area contributed by atoms with Crippen molar-refractivity contribution in [2.45, 2.75) is 37.3 Å². The number of aryl methyl sites for hydroxylation is 1. The number of rotatable bonds is 4. The van der Waals surface area contributed by atoms with Gasteiger partial charge in [-0.3, -0.25) is 9.69 Å². The summed E-state index contributed by atoms with van der Waals surface area (Å²) in [5.41, 5.74) is 2.08. The lowest BCUT2D eigenvalue weighted by molar-refractivity contribution is 0.187. The summed E-state index contributed by atoms with van der Waals surface area (Å²) in [6, 6.07) is 11.8. The fraction of sp³-hybridized carbons (Fsp3) is 0.474. The zero-order valence-electron chi connectivity index (χ0n) is 14.4. The predicted octanol–water partition coefficient (Wildman–Crippen LogP) is 2.98. The number of nitrogens with one attached hydrogen (secondary N) is 1. The van der Waals surface area contributed by atoms with Crippen LogP contribution in [-0.4, -0.2) is 39.9 Å². The molecule has 1 aliphatic heterocycles. The quantitative estimate of drug-likeness (QED) is 0.853. The van der Waals surface area contributed by atoms with Crippen LogP contribution < -0.4 is 10.9 Å². The van der Waals surface area contributed by atoms with Crippen LogP contribution in [-0.2, 0) is 7.05 Å². The lowest BCUT2D eigenvalue weighted by atomic mass is 9.88. The van der Waals surface area contributed by atoms with Gasteiger partial charge < -0.3 is 5.32 Å². The Kier molecular flexibility index (Phi) is 4.65. The summed E-state index contributed by atoms with van der Waals surface area (Å²) in [4.78, 5) is 14.7. The first-order valence-corrected chi connectivity index (χ1v) is 9.68. The first-order valence-electron chi connectivity index (χ1n) is 8.89. The molecule has 2 fully saturated rings. The third kappa shape index (κ3) is 3.65. The van der Waals surface area contributed by atoms with Crippen LogP contribution in [0.2, 0.25) is 0 Å². The number of hydrogen-bond acceptors (Lipinski definition) is 4. The third-order valence-corrected chi connectivity index (χ3v) is 6.02. The van der Waals surface area contributed by atoms with Crippen LogP contribution in [0.15, 0.2) is 45.8 Å². The summed E-state index contributed by atoms with van der Waals surface area (Å²) in [6.45, 7) is 2.15. The number of hydrogen-bond donors (Lipinski definition) is 1. The standard InChI is InChI=1S/C19H23BrN4O/c1-23-19(25)18(20)17(10-21-23)22-15-9-14(13-5-3-2-4-6-13)11-24(12-15)16-7-8-16/h2-6,10,14-16,22H,7-9,11-12H2,1H3. The second-order valence-corrected chi connectivity index (χ2v) is 7.96. The van der Waals surface area contributed by atoms with E-state index in [1.165, 1.54) is 23.1 Å². The van der Waals surface area contributed by atoms with E-state index in [2.05, 4.69) is 61.6 Å². The summed E-state index contributed by atoms with van der Waals surface area (Å²) in [5, 5.41) is 7.71. The molecule has 0 radical (unpaired) electrons. The summed E-state index contributed by atoms with van der Waals surface area (Å²) >= 11 is 3.42. The maximum atomic E-state index is 12.1. The number of anilines is 1. The Hall–Kier alpha value is -1.66. The summed E-state index contributed by atoms with van der Waals surface area (Å²) in [6.07, 6.45) is 5.42. The Morgan fingerprint density at radius 1 is 1.20 bits per heavy atom. The van der Waals surface area contributed by atoms with Crippen LogP contribution in [0.5, 0.6) is 0 Å². The number of halogens is 1. The molecule has 132 valence electrons. The molecule has 6 heteroatoms. The van der Waals surface area contributed by atoms with Gasteiger partial charge in [0.25, 0.3) is 5.56 Å². The molecule has 0 spiro atoms. The minimum atomic E-state index is -0.112. The van der Waals surface area contributed by atoms with Crippen molar-refractivity contribution in [3.63, 3.8) is 0 Å². The van der Waals surface area contributed by atoms with Crippen molar-refractivity contribution in [1.82, 2.24) is 14.7 Å².